The molecule has 2 heterocycles. The van der Waals surface area contributed by atoms with E-state index in [9.17, 15) is 0 Å². The van der Waals surface area contributed by atoms with Gasteiger partial charge in [0, 0.05) is 29.9 Å². The first-order valence-corrected chi connectivity index (χ1v) is 5.80. The van der Waals surface area contributed by atoms with Gasteiger partial charge in [0.05, 0.1) is 12.1 Å². The number of anilines is 2. The molecule has 6 heteroatoms. The first-order chi connectivity index (χ1) is 7.78. The Morgan fingerprint density at radius 2 is 2.25 bits per heavy atom. The third kappa shape index (κ3) is 2.66. The number of hydrogen-bond acceptors (Lipinski definition) is 6. The maximum atomic E-state index is 4.30. The Labute approximate surface area is 98.0 Å². The van der Waals surface area contributed by atoms with Crippen LogP contribution in [0.3, 0.4) is 0 Å². The van der Waals surface area contributed by atoms with E-state index in [-0.39, 0.29) is 0 Å². The molecule has 0 aliphatic carbocycles. The van der Waals surface area contributed by atoms with Crippen LogP contribution < -0.4 is 10.6 Å². The van der Waals surface area contributed by atoms with Crippen molar-refractivity contribution in [3.05, 3.63) is 28.3 Å². The number of aryl methyl sites for hydroxylation is 1. The van der Waals surface area contributed by atoms with Crippen molar-refractivity contribution in [3.63, 3.8) is 0 Å². The highest BCUT2D eigenvalue weighted by Gasteiger charge is 2.01. The van der Waals surface area contributed by atoms with E-state index in [0.717, 1.165) is 18.1 Å². The second-order valence-corrected chi connectivity index (χ2v) is 4.26. The zero-order valence-corrected chi connectivity index (χ0v) is 10.0. The minimum atomic E-state index is 0.631. The summed E-state index contributed by atoms with van der Waals surface area (Å²) < 4.78 is 0. The smallest absolute Gasteiger partial charge is 0.224 e. The third-order valence-corrected chi connectivity index (χ3v) is 2.78. The Balaban J connectivity index is 2.06. The molecular weight excluding hydrogens is 222 g/mol. The summed E-state index contributed by atoms with van der Waals surface area (Å²) >= 11 is 1.62. The van der Waals surface area contributed by atoms with Crippen molar-refractivity contribution in [3.8, 4) is 0 Å². The van der Waals surface area contributed by atoms with Gasteiger partial charge in [-0.3, -0.25) is 4.98 Å². The summed E-state index contributed by atoms with van der Waals surface area (Å²) in [5, 5.41) is 6.17. The first-order valence-electron chi connectivity index (χ1n) is 4.92. The molecule has 2 aromatic heterocycles. The zero-order valence-electron chi connectivity index (χ0n) is 9.19. The predicted molar refractivity (Wildman–Crippen MR) is 65.8 cm³/mol. The van der Waals surface area contributed by atoms with E-state index >= 15 is 0 Å². The second kappa shape index (κ2) is 4.89. The number of aromatic nitrogens is 3. The molecule has 5 nitrogen and oxygen atoms in total. The molecule has 0 amide bonds. The molecule has 84 valence electrons. The van der Waals surface area contributed by atoms with Crippen molar-refractivity contribution in [2.24, 2.45) is 0 Å². The van der Waals surface area contributed by atoms with Gasteiger partial charge >= 0.3 is 0 Å². The van der Waals surface area contributed by atoms with Gasteiger partial charge in [-0.05, 0) is 6.92 Å². The van der Waals surface area contributed by atoms with Gasteiger partial charge in [-0.15, -0.1) is 11.3 Å². The normalized spacial score (nSPS) is 10.1. The van der Waals surface area contributed by atoms with Crippen LogP contribution in [0.2, 0.25) is 0 Å². The van der Waals surface area contributed by atoms with Gasteiger partial charge in [0.2, 0.25) is 5.95 Å². The average molecular weight is 235 g/mol. The van der Waals surface area contributed by atoms with Crippen LogP contribution in [0.5, 0.6) is 0 Å². The van der Waals surface area contributed by atoms with Crippen molar-refractivity contribution in [1.29, 1.82) is 0 Å². The third-order valence-electron chi connectivity index (χ3n) is 2.01. The standard InChI is InChI=1S/C10H13N5S/c1-7-3-9(15-10(11-2)14-7)13-5-8-4-12-6-16-8/h3-4,6H,5H2,1-2H3,(H2,11,13,14,15). The molecule has 0 radical (unpaired) electrons. The average Bonchev–Trinajstić information content (AvgIpc) is 2.78. The van der Waals surface area contributed by atoms with Crippen molar-refractivity contribution in [2.75, 3.05) is 17.7 Å². The van der Waals surface area contributed by atoms with Gasteiger partial charge in [0.1, 0.15) is 5.82 Å². The maximum Gasteiger partial charge on any atom is 0.224 e. The molecule has 0 saturated heterocycles. The summed E-state index contributed by atoms with van der Waals surface area (Å²) in [5.41, 5.74) is 2.76. The summed E-state index contributed by atoms with van der Waals surface area (Å²) in [5.74, 6) is 1.46. The molecule has 16 heavy (non-hydrogen) atoms. The summed E-state index contributed by atoms with van der Waals surface area (Å²) in [7, 11) is 1.81. The van der Waals surface area contributed by atoms with Gasteiger partial charge in [-0.2, -0.15) is 4.98 Å². The zero-order chi connectivity index (χ0) is 11.4. The molecule has 0 unspecified atom stereocenters. The number of rotatable bonds is 4. The lowest BCUT2D eigenvalue weighted by Crippen LogP contribution is -2.04. The molecule has 2 rings (SSSR count). The van der Waals surface area contributed by atoms with E-state index in [1.807, 2.05) is 31.7 Å². The molecule has 0 aliphatic heterocycles. The molecule has 0 fully saturated rings. The first kappa shape index (κ1) is 10.8. The minimum Gasteiger partial charge on any atom is -0.365 e. The number of hydrogen-bond donors (Lipinski definition) is 2. The fourth-order valence-corrected chi connectivity index (χ4v) is 1.81. The second-order valence-electron chi connectivity index (χ2n) is 3.29. The van der Waals surface area contributed by atoms with E-state index in [4.69, 9.17) is 0 Å². The quantitative estimate of drug-likeness (QED) is 0.847. The van der Waals surface area contributed by atoms with Crippen molar-refractivity contribution < 1.29 is 0 Å². The van der Waals surface area contributed by atoms with E-state index in [1.54, 1.807) is 11.3 Å². The van der Waals surface area contributed by atoms with Crippen LogP contribution in [-0.4, -0.2) is 22.0 Å². The SMILES string of the molecule is CNc1nc(C)cc(NCc2cncs2)n1. The van der Waals surface area contributed by atoms with Crippen LogP contribution in [0.25, 0.3) is 0 Å². The fraction of sp³-hybridized carbons (Fsp3) is 0.300. The summed E-state index contributed by atoms with van der Waals surface area (Å²) in [6.45, 7) is 2.69. The maximum absolute atomic E-state index is 4.30. The molecule has 0 saturated carbocycles. The summed E-state index contributed by atoms with van der Waals surface area (Å²) in [6, 6.07) is 1.92. The van der Waals surface area contributed by atoms with Crippen LogP contribution in [0.15, 0.2) is 17.8 Å². The molecule has 0 bridgehead atoms. The molecule has 0 spiro atoms. The van der Waals surface area contributed by atoms with Crippen molar-refractivity contribution in [1.82, 2.24) is 15.0 Å². The molecular formula is C10H13N5S. The van der Waals surface area contributed by atoms with E-state index in [1.165, 1.54) is 4.88 Å². The lowest BCUT2D eigenvalue weighted by molar-refractivity contribution is 1.06. The minimum absolute atomic E-state index is 0.631. The van der Waals surface area contributed by atoms with Crippen LogP contribution in [0, 0.1) is 6.92 Å². The Morgan fingerprint density at radius 3 is 2.94 bits per heavy atom. The van der Waals surface area contributed by atoms with Crippen molar-refractivity contribution >= 4 is 23.1 Å². The molecule has 0 aromatic carbocycles. The predicted octanol–water partition coefficient (Wildman–Crippen LogP) is 1.90. The van der Waals surface area contributed by atoms with Gasteiger partial charge in [-0.1, -0.05) is 0 Å². The Kier molecular flexibility index (Phi) is 3.31. The van der Waals surface area contributed by atoms with E-state index in [0.29, 0.717) is 5.95 Å². The summed E-state index contributed by atoms with van der Waals surface area (Å²) in [4.78, 5) is 13.7. The number of nitrogens with zero attached hydrogens (tertiary/aromatic N) is 3. The Morgan fingerprint density at radius 1 is 1.38 bits per heavy atom. The van der Waals surface area contributed by atoms with E-state index < -0.39 is 0 Å². The fourth-order valence-electron chi connectivity index (χ4n) is 1.28. The Hall–Kier alpha value is -1.69. The highest BCUT2D eigenvalue weighted by atomic mass is 32.1. The Bertz CT molecular complexity index is 454. The largest absolute Gasteiger partial charge is 0.365 e. The topological polar surface area (TPSA) is 62.7 Å². The van der Waals surface area contributed by atoms with Crippen LogP contribution >= 0.6 is 11.3 Å². The van der Waals surface area contributed by atoms with E-state index in [2.05, 4.69) is 25.6 Å². The van der Waals surface area contributed by atoms with Crippen LogP contribution in [0.1, 0.15) is 10.6 Å². The van der Waals surface area contributed by atoms with Gasteiger partial charge in [-0.25, -0.2) is 4.98 Å². The van der Waals surface area contributed by atoms with Gasteiger partial charge in [0.15, 0.2) is 0 Å². The molecule has 2 aromatic rings. The highest BCUT2D eigenvalue weighted by molar-refractivity contribution is 7.09. The van der Waals surface area contributed by atoms with Gasteiger partial charge in [0.25, 0.3) is 0 Å². The lowest BCUT2D eigenvalue weighted by Gasteiger charge is -2.06. The lowest BCUT2D eigenvalue weighted by atomic mass is 10.4. The molecule has 0 aliphatic rings. The number of thiazole rings is 1. The van der Waals surface area contributed by atoms with Crippen molar-refractivity contribution in [2.45, 2.75) is 13.5 Å². The van der Waals surface area contributed by atoms with Crippen LogP contribution in [0.4, 0.5) is 11.8 Å². The summed E-state index contributed by atoms with van der Waals surface area (Å²) in [6.07, 6.45) is 1.85. The monoisotopic (exact) mass is 235 g/mol. The van der Waals surface area contributed by atoms with Crippen LogP contribution in [-0.2, 0) is 6.54 Å². The number of nitrogens with one attached hydrogen (secondary N) is 2. The molecule has 2 N–H and O–H groups in total. The highest BCUT2D eigenvalue weighted by Crippen LogP contribution is 2.12. The van der Waals surface area contributed by atoms with Gasteiger partial charge < -0.3 is 10.6 Å². The molecule has 0 atom stereocenters.